The molecule has 0 spiro atoms. The third-order valence-electron chi connectivity index (χ3n) is 0.786. The molecule has 0 aliphatic heterocycles. The molecule has 0 radical (unpaired) electrons. The van der Waals surface area contributed by atoms with Crippen LogP contribution < -0.4 is 0 Å². The van der Waals surface area contributed by atoms with E-state index < -0.39 is 0 Å². The number of carbonyl (C=O) groups excluding carboxylic acids is 1. The molecular formula is C6H9LiO2. The van der Waals surface area contributed by atoms with E-state index in [2.05, 4.69) is 6.58 Å². The van der Waals surface area contributed by atoms with Crippen molar-refractivity contribution in [3.63, 3.8) is 0 Å². The summed E-state index contributed by atoms with van der Waals surface area (Å²) in [6.07, 6.45) is 0. The molecule has 0 bridgehead atoms. The maximum absolute atomic E-state index is 10.6. The van der Waals surface area contributed by atoms with Crippen LogP contribution >= 0.6 is 0 Å². The number of carbonyl (C=O) groups is 1. The summed E-state index contributed by atoms with van der Waals surface area (Å²) in [6, 6.07) is 0. The second kappa shape index (κ2) is 4.66. The standard InChI is InChI=1S/C6H9O2.Li/c1-4-8-6(7)5(2)3;/h1-2,4H2,3H3;. The van der Waals surface area contributed by atoms with Crippen molar-refractivity contribution < 1.29 is 9.53 Å². The molecule has 0 N–H and O–H groups in total. The molecule has 3 heteroatoms. The van der Waals surface area contributed by atoms with Gasteiger partial charge in [0.15, 0.2) is 0 Å². The molecule has 0 aromatic carbocycles. The summed E-state index contributed by atoms with van der Waals surface area (Å²) < 4.78 is 4.71. The van der Waals surface area contributed by atoms with E-state index in [1.165, 1.54) is 0 Å². The fourth-order valence-electron chi connectivity index (χ4n) is 0.318. The molecular weight excluding hydrogens is 111 g/mol. The summed E-state index contributed by atoms with van der Waals surface area (Å²) in [5.41, 5.74) is 0.462. The van der Waals surface area contributed by atoms with Crippen molar-refractivity contribution in [3.05, 3.63) is 12.2 Å². The molecule has 0 fully saturated rings. The predicted molar refractivity (Wildman–Crippen MR) is 36.3 cm³/mol. The predicted octanol–water partition coefficient (Wildman–Crippen LogP) is 0.693. The van der Waals surface area contributed by atoms with Gasteiger partial charge >= 0.3 is 64.0 Å². The molecule has 0 unspecified atom stereocenters. The van der Waals surface area contributed by atoms with Crippen molar-refractivity contribution in [2.45, 2.75) is 12.0 Å². The van der Waals surface area contributed by atoms with Crippen molar-refractivity contribution in [2.24, 2.45) is 0 Å². The first-order valence-electron chi connectivity index (χ1n) is 3.01. The molecule has 0 aliphatic rings. The Bertz CT molecular complexity index is 120. The van der Waals surface area contributed by atoms with Gasteiger partial charge in [-0.3, -0.25) is 0 Å². The van der Waals surface area contributed by atoms with E-state index in [-0.39, 0.29) is 5.97 Å². The molecule has 0 saturated carbocycles. The monoisotopic (exact) mass is 120 g/mol. The van der Waals surface area contributed by atoms with Gasteiger partial charge in [0.25, 0.3) is 0 Å². The minimum absolute atomic E-state index is 0.295. The Labute approximate surface area is 64.5 Å². The molecule has 0 aromatic heterocycles. The Morgan fingerprint density at radius 2 is 2.33 bits per heavy atom. The first kappa shape index (κ1) is 8.81. The zero-order valence-corrected chi connectivity index (χ0v) is 5.94. The third kappa shape index (κ3) is 4.32. The van der Waals surface area contributed by atoms with Gasteiger partial charge in [0.05, 0.1) is 0 Å². The molecule has 0 aliphatic carbocycles. The second-order valence-electron chi connectivity index (χ2n) is 1.92. The molecule has 0 saturated heterocycles. The summed E-state index contributed by atoms with van der Waals surface area (Å²) >= 11 is 1.95. The average molecular weight is 120 g/mol. The van der Waals surface area contributed by atoms with Crippen LogP contribution in [0.4, 0.5) is 0 Å². The molecule has 46 valence electrons. The Morgan fingerprint density at radius 1 is 1.78 bits per heavy atom. The van der Waals surface area contributed by atoms with E-state index >= 15 is 0 Å². The van der Waals surface area contributed by atoms with Crippen molar-refractivity contribution >= 4 is 23.7 Å². The van der Waals surface area contributed by atoms with Gasteiger partial charge in [0, 0.05) is 0 Å². The molecule has 0 atom stereocenters. The van der Waals surface area contributed by atoms with Gasteiger partial charge < -0.3 is 0 Å². The van der Waals surface area contributed by atoms with E-state index in [4.69, 9.17) is 4.74 Å². The minimum atomic E-state index is -0.295. The summed E-state index contributed by atoms with van der Waals surface area (Å²) in [5, 5.41) is 0.860. The summed E-state index contributed by atoms with van der Waals surface area (Å²) in [4.78, 5) is 10.6. The van der Waals surface area contributed by atoms with E-state index in [1.807, 2.05) is 17.7 Å². The average Bonchev–Trinajstić information content (AvgIpc) is 1.82. The van der Waals surface area contributed by atoms with Gasteiger partial charge in [0.2, 0.25) is 0 Å². The SMILES string of the molecule is [Li][CH2]COC(=O)C(=C)C. The van der Waals surface area contributed by atoms with Crippen LogP contribution in [-0.2, 0) is 9.53 Å². The van der Waals surface area contributed by atoms with Crippen LogP contribution in [0.1, 0.15) is 6.92 Å². The van der Waals surface area contributed by atoms with Crippen LogP contribution in [0.2, 0.25) is 5.09 Å². The number of hydrogen-bond acceptors (Lipinski definition) is 2. The van der Waals surface area contributed by atoms with Crippen LogP contribution in [-0.4, -0.2) is 30.3 Å². The normalized spacial score (nSPS) is 8.78. The maximum atomic E-state index is 10.6. The van der Waals surface area contributed by atoms with E-state index in [9.17, 15) is 4.79 Å². The van der Waals surface area contributed by atoms with Crippen molar-refractivity contribution in [2.75, 3.05) is 6.61 Å². The van der Waals surface area contributed by atoms with E-state index in [1.54, 1.807) is 6.92 Å². The van der Waals surface area contributed by atoms with Gasteiger partial charge in [-0.1, -0.05) is 0 Å². The van der Waals surface area contributed by atoms with Crippen LogP contribution in [0.15, 0.2) is 12.2 Å². The van der Waals surface area contributed by atoms with Gasteiger partial charge in [-0.2, -0.15) is 0 Å². The van der Waals surface area contributed by atoms with E-state index in [0.717, 1.165) is 5.09 Å². The van der Waals surface area contributed by atoms with Gasteiger partial charge in [-0.15, -0.1) is 0 Å². The van der Waals surface area contributed by atoms with Crippen LogP contribution in [0.5, 0.6) is 0 Å². The Balaban J connectivity index is 3.39. The number of rotatable bonds is 3. The Kier molecular flexibility index (Phi) is 4.56. The van der Waals surface area contributed by atoms with Gasteiger partial charge in [-0.25, -0.2) is 0 Å². The molecule has 9 heavy (non-hydrogen) atoms. The molecule has 0 heterocycles. The zero-order chi connectivity index (χ0) is 7.28. The summed E-state index contributed by atoms with van der Waals surface area (Å²) in [5.74, 6) is -0.295. The molecule has 0 aromatic rings. The second-order valence-corrected chi connectivity index (χ2v) is 1.92. The number of esters is 1. The van der Waals surface area contributed by atoms with E-state index in [0.29, 0.717) is 12.2 Å². The third-order valence-corrected chi connectivity index (χ3v) is 0.786. The quantitative estimate of drug-likeness (QED) is 0.311. The number of hydrogen-bond donors (Lipinski definition) is 0. The topological polar surface area (TPSA) is 26.3 Å². The van der Waals surface area contributed by atoms with Crippen LogP contribution in [0, 0.1) is 0 Å². The fraction of sp³-hybridized carbons (Fsp3) is 0.500. The van der Waals surface area contributed by atoms with Gasteiger partial charge in [-0.05, 0) is 0 Å². The first-order valence-corrected chi connectivity index (χ1v) is 3.01. The number of ether oxygens (including phenoxy) is 1. The van der Waals surface area contributed by atoms with Crippen LogP contribution in [0.25, 0.3) is 0 Å². The van der Waals surface area contributed by atoms with Crippen LogP contribution in [0.3, 0.4) is 0 Å². The van der Waals surface area contributed by atoms with Crippen molar-refractivity contribution in [3.8, 4) is 0 Å². The Hall–Kier alpha value is -0.193. The molecule has 0 rings (SSSR count). The molecule has 2 nitrogen and oxygen atoms in total. The van der Waals surface area contributed by atoms with Gasteiger partial charge in [0.1, 0.15) is 0 Å². The van der Waals surface area contributed by atoms with Crippen molar-refractivity contribution in [1.29, 1.82) is 0 Å². The molecule has 0 amide bonds. The summed E-state index contributed by atoms with van der Waals surface area (Å²) in [6.45, 7) is 5.56. The zero-order valence-electron chi connectivity index (χ0n) is 5.94. The Morgan fingerprint density at radius 3 is 2.67 bits per heavy atom. The fourth-order valence-corrected chi connectivity index (χ4v) is 0.318. The first-order chi connectivity index (χ1) is 4.18. The van der Waals surface area contributed by atoms with Crippen molar-refractivity contribution in [1.82, 2.24) is 0 Å². The summed E-state index contributed by atoms with van der Waals surface area (Å²) in [7, 11) is 0.